The number of nitrogens with one attached hydrogen (secondary N) is 4. The van der Waals surface area contributed by atoms with Gasteiger partial charge in [-0.3, -0.25) is 19.7 Å². The van der Waals surface area contributed by atoms with Crippen LogP contribution < -0.4 is 10.6 Å². The van der Waals surface area contributed by atoms with Crippen molar-refractivity contribution in [2.75, 3.05) is 26.2 Å². The third-order valence-corrected chi connectivity index (χ3v) is 7.38. The minimum absolute atomic E-state index is 0.0713. The number of aromatic amines is 2. The van der Waals surface area contributed by atoms with E-state index < -0.39 is 12.1 Å². The van der Waals surface area contributed by atoms with Crippen LogP contribution in [0.1, 0.15) is 41.4 Å². The van der Waals surface area contributed by atoms with E-state index in [9.17, 15) is 22.8 Å². The van der Waals surface area contributed by atoms with Crippen molar-refractivity contribution in [1.82, 2.24) is 40.7 Å². The highest BCUT2D eigenvalue weighted by Gasteiger charge is 2.38. The summed E-state index contributed by atoms with van der Waals surface area (Å²) in [6, 6.07) is 7.96. The Bertz CT molecular complexity index is 1550. The van der Waals surface area contributed by atoms with E-state index in [1.54, 1.807) is 4.90 Å². The standard InChI is InChI=1S/C28H31F3N8O2/c1-3-32-13-19-14-33-22(10-16(19)2)18-4-5-21-20(11-18)24(38-37-21)25-34-15-23(36-25)26(40)39-8-6-17(7-9-39)12-35-27(41)28(29,30)31/h4-5,10-11,14-15,17,32H,3,6-9,12-13H2,1-2H3,(H,34,36)(H,35,41)(H,37,38). The molecule has 0 spiro atoms. The Labute approximate surface area is 234 Å². The van der Waals surface area contributed by atoms with Gasteiger partial charge in [0.05, 0.1) is 17.4 Å². The van der Waals surface area contributed by atoms with Crippen molar-refractivity contribution in [3.8, 4) is 22.8 Å². The summed E-state index contributed by atoms with van der Waals surface area (Å²) < 4.78 is 37.3. The molecule has 0 unspecified atom stereocenters. The number of carbonyl (C=O) groups is 2. The van der Waals surface area contributed by atoms with E-state index in [1.165, 1.54) is 6.20 Å². The molecule has 41 heavy (non-hydrogen) atoms. The molecule has 0 saturated carbocycles. The Hall–Kier alpha value is -4.26. The summed E-state index contributed by atoms with van der Waals surface area (Å²) in [5.74, 6) is -1.89. The maximum atomic E-state index is 13.1. The highest BCUT2D eigenvalue weighted by Crippen LogP contribution is 2.30. The molecule has 216 valence electrons. The largest absolute Gasteiger partial charge is 0.471 e. The fourth-order valence-corrected chi connectivity index (χ4v) is 4.94. The van der Waals surface area contributed by atoms with Crippen LogP contribution in [0.25, 0.3) is 33.7 Å². The van der Waals surface area contributed by atoms with Crippen LogP contribution >= 0.6 is 0 Å². The Morgan fingerprint density at radius 1 is 1.12 bits per heavy atom. The van der Waals surface area contributed by atoms with Gasteiger partial charge in [-0.15, -0.1) is 0 Å². The Kier molecular flexibility index (Phi) is 8.06. The van der Waals surface area contributed by atoms with Gasteiger partial charge in [-0.2, -0.15) is 18.3 Å². The highest BCUT2D eigenvalue weighted by atomic mass is 19.4. The average Bonchev–Trinajstić information content (AvgIpc) is 3.61. The van der Waals surface area contributed by atoms with E-state index in [4.69, 9.17) is 0 Å². The number of benzene rings is 1. The number of likely N-dealkylation sites (tertiary alicyclic amines) is 1. The number of hydrogen-bond acceptors (Lipinski definition) is 6. The summed E-state index contributed by atoms with van der Waals surface area (Å²) in [5, 5.41) is 13.5. The van der Waals surface area contributed by atoms with Crippen LogP contribution in [0.5, 0.6) is 0 Å². The van der Waals surface area contributed by atoms with Crippen molar-refractivity contribution in [3.63, 3.8) is 0 Å². The average molecular weight is 569 g/mol. The van der Waals surface area contributed by atoms with Gasteiger partial charge < -0.3 is 20.5 Å². The van der Waals surface area contributed by atoms with Crippen LogP contribution in [-0.4, -0.2) is 74.2 Å². The van der Waals surface area contributed by atoms with E-state index in [0.29, 0.717) is 43.1 Å². The first kappa shape index (κ1) is 28.3. The number of halogens is 3. The Balaban J connectivity index is 1.27. The number of fused-ring (bicyclic) bond motifs is 1. The van der Waals surface area contributed by atoms with Gasteiger partial charge in [0.25, 0.3) is 5.91 Å². The second kappa shape index (κ2) is 11.7. The Morgan fingerprint density at radius 2 is 1.90 bits per heavy atom. The number of carbonyl (C=O) groups excluding carboxylic acids is 2. The zero-order chi connectivity index (χ0) is 29.1. The monoisotopic (exact) mass is 568 g/mol. The number of aromatic nitrogens is 5. The number of amides is 2. The number of imidazole rings is 1. The van der Waals surface area contributed by atoms with Crippen LogP contribution in [0.2, 0.25) is 0 Å². The summed E-state index contributed by atoms with van der Waals surface area (Å²) in [6.45, 7) is 6.44. The first-order valence-electron chi connectivity index (χ1n) is 13.5. The summed E-state index contributed by atoms with van der Waals surface area (Å²) in [6.07, 6.45) is -0.572. The number of piperidine rings is 1. The molecule has 0 atom stereocenters. The third-order valence-electron chi connectivity index (χ3n) is 7.38. The van der Waals surface area contributed by atoms with E-state index in [2.05, 4.69) is 50.4 Å². The van der Waals surface area contributed by atoms with Crippen molar-refractivity contribution in [3.05, 3.63) is 53.5 Å². The van der Waals surface area contributed by atoms with E-state index in [0.717, 1.165) is 46.4 Å². The van der Waals surface area contributed by atoms with Crippen LogP contribution in [0.3, 0.4) is 0 Å². The molecule has 13 heteroatoms. The van der Waals surface area contributed by atoms with Gasteiger partial charge in [-0.1, -0.05) is 13.0 Å². The molecule has 4 aromatic rings. The lowest BCUT2D eigenvalue weighted by atomic mass is 9.96. The first-order chi connectivity index (χ1) is 19.6. The lowest BCUT2D eigenvalue weighted by Gasteiger charge is -2.31. The molecular weight excluding hydrogens is 537 g/mol. The minimum atomic E-state index is -4.90. The SMILES string of the molecule is CCNCc1cnc(-c2ccc3[nH]nc(-c4ncc(C(=O)N5CCC(CNC(=O)C(F)(F)F)CC5)[nH]4)c3c2)cc1C. The topological polar surface area (TPSA) is 132 Å². The van der Waals surface area contributed by atoms with Gasteiger partial charge in [0.1, 0.15) is 11.4 Å². The molecule has 5 rings (SSSR count). The first-order valence-corrected chi connectivity index (χ1v) is 13.5. The molecule has 1 aromatic carbocycles. The molecule has 4 N–H and O–H groups in total. The van der Waals surface area contributed by atoms with E-state index in [1.807, 2.05) is 29.7 Å². The zero-order valence-electron chi connectivity index (χ0n) is 22.7. The minimum Gasteiger partial charge on any atom is -0.348 e. The fraction of sp³-hybridized carbons (Fsp3) is 0.393. The predicted octanol–water partition coefficient (Wildman–Crippen LogP) is 3.96. The normalized spacial score (nSPS) is 14.5. The molecule has 2 amide bonds. The second-order valence-electron chi connectivity index (χ2n) is 10.2. The van der Waals surface area contributed by atoms with Gasteiger partial charge in [-0.25, -0.2) is 4.98 Å². The van der Waals surface area contributed by atoms with Gasteiger partial charge in [-0.05, 0) is 61.6 Å². The van der Waals surface area contributed by atoms with Gasteiger partial charge >= 0.3 is 12.1 Å². The fourth-order valence-electron chi connectivity index (χ4n) is 4.94. The van der Waals surface area contributed by atoms with Gasteiger partial charge in [0.15, 0.2) is 5.82 Å². The van der Waals surface area contributed by atoms with Crippen molar-refractivity contribution < 1.29 is 22.8 Å². The summed E-state index contributed by atoms with van der Waals surface area (Å²) in [4.78, 5) is 38.0. The molecule has 0 aliphatic carbocycles. The molecule has 10 nitrogen and oxygen atoms in total. The maximum absolute atomic E-state index is 13.1. The lowest BCUT2D eigenvalue weighted by molar-refractivity contribution is -0.173. The number of H-pyrrole nitrogens is 2. The summed E-state index contributed by atoms with van der Waals surface area (Å²) in [5.41, 5.74) is 5.74. The number of nitrogens with zero attached hydrogens (tertiary/aromatic N) is 4. The number of alkyl halides is 3. The Morgan fingerprint density at radius 3 is 2.61 bits per heavy atom. The highest BCUT2D eigenvalue weighted by molar-refractivity contribution is 5.96. The molecule has 1 saturated heterocycles. The molecule has 3 aromatic heterocycles. The summed E-state index contributed by atoms with van der Waals surface area (Å²) in [7, 11) is 0. The van der Waals surface area contributed by atoms with Crippen molar-refractivity contribution in [2.45, 2.75) is 39.4 Å². The van der Waals surface area contributed by atoms with Crippen molar-refractivity contribution in [2.24, 2.45) is 5.92 Å². The molecule has 1 aliphatic heterocycles. The second-order valence-corrected chi connectivity index (χ2v) is 10.2. The van der Waals surface area contributed by atoms with Crippen LogP contribution in [0.15, 0.2) is 36.7 Å². The number of aryl methyl sites for hydroxylation is 1. The van der Waals surface area contributed by atoms with Gasteiger partial charge in [0.2, 0.25) is 0 Å². The van der Waals surface area contributed by atoms with E-state index >= 15 is 0 Å². The van der Waals surface area contributed by atoms with Crippen molar-refractivity contribution >= 4 is 22.7 Å². The molecule has 0 bridgehead atoms. The number of hydrogen-bond donors (Lipinski definition) is 4. The molecule has 4 heterocycles. The molecular formula is C28H31F3N8O2. The van der Waals surface area contributed by atoms with Crippen LogP contribution in [0, 0.1) is 12.8 Å². The van der Waals surface area contributed by atoms with Crippen LogP contribution in [0.4, 0.5) is 13.2 Å². The smallest absolute Gasteiger partial charge is 0.348 e. The zero-order valence-corrected chi connectivity index (χ0v) is 22.7. The maximum Gasteiger partial charge on any atom is 0.471 e. The predicted molar refractivity (Wildman–Crippen MR) is 147 cm³/mol. The number of rotatable bonds is 8. The molecule has 1 aliphatic rings. The molecule has 0 radical (unpaired) electrons. The number of pyridine rings is 1. The van der Waals surface area contributed by atoms with Crippen LogP contribution in [-0.2, 0) is 11.3 Å². The summed E-state index contributed by atoms with van der Waals surface area (Å²) >= 11 is 0. The third kappa shape index (κ3) is 6.24. The van der Waals surface area contributed by atoms with E-state index in [-0.39, 0.29) is 18.4 Å². The lowest BCUT2D eigenvalue weighted by Crippen LogP contribution is -2.44. The van der Waals surface area contributed by atoms with Gasteiger partial charge in [0, 0.05) is 43.3 Å². The van der Waals surface area contributed by atoms with Crippen molar-refractivity contribution in [1.29, 1.82) is 0 Å². The molecule has 1 fully saturated rings. The quantitative estimate of drug-likeness (QED) is 0.255.